The minimum atomic E-state index is -0.694. The minimum absolute atomic E-state index is 0.608. The van der Waals surface area contributed by atoms with Gasteiger partial charge in [0.15, 0.2) is 0 Å². The zero-order chi connectivity index (χ0) is 5.70. The van der Waals surface area contributed by atoms with E-state index in [2.05, 4.69) is 6.92 Å². The predicted octanol–water partition coefficient (Wildman–Crippen LogP) is 0.743. The van der Waals surface area contributed by atoms with E-state index in [1.54, 1.807) is 0 Å². The third kappa shape index (κ3) is 6.03. The normalized spacial score (nSPS) is 10.4. The fourth-order valence-electron chi connectivity index (χ4n) is 0.195. The van der Waals surface area contributed by atoms with Gasteiger partial charge >= 0.3 is 49.0 Å². The van der Waals surface area contributed by atoms with E-state index in [1.807, 2.05) is 0 Å². The Bertz CT molecular complexity index is 62.7. The van der Waals surface area contributed by atoms with Crippen LogP contribution in [0.2, 0.25) is 5.21 Å². The molecule has 0 saturated heterocycles. The summed E-state index contributed by atoms with van der Waals surface area (Å²) in [4.78, 5) is 9.79. The molecule has 0 fully saturated rings. The molecule has 0 aromatic rings. The van der Waals surface area contributed by atoms with Crippen molar-refractivity contribution in [2.45, 2.75) is 11.6 Å². The van der Waals surface area contributed by atoms with Gasteiger partial charge in [-0.3, -0.25) is 0 Å². The second kappa shape index (κ2) is 4.19. The van der Waals surface area contributed by atoms with Crippen LogP contribution < -0.4 is 0 Å². The number of hydrogen-bond donors (Lipinski definition) is 1. The van der Waals surface area contributed by atoms with Crippen LogP contribution in [-0.4, -0.2) is 25.6 Å². The monoisotopic (exact) mass is 163 g/mol. The van der Waals surface area contributed by atoms with Gasteiger partial charge in [-0.1, -0.05) is 0 Å². The van der Waals surface area contributed by atoms with Crippen LogP contribution in [0.25, 0.3) is 0 Å². The maximum absolute atomic E-state index is 9.79. The quantitative estimate of drug-likeness (QED) is 0.623. The molecular weight excluding hydrogens is 155 g/mol. The molecule has 0 rings (SSSR count). The summed E-state index contributed by atoms with van der Waals surface area (Å²) in [7, 11) is 0. The van der Waals surface area contributed by atoms with Gasteiger partial charge in [-0.15, -0.1) is 0 Å². The molecule has 0 aliphatic carbocycles. The van der Waals surface area contributed by atoms with Gasteiger partial charge in [0, 0.05) is 0 Å². The second-order valence-electron chi connectivity index (χ2n) is 1.09. The molecule has 1 unspecified atom stereocenters. The Morgan fingerprint density at radius 1 is 1.86 bits per heavy atom. The van der Waals surface area contributed by atoms with Gasteiger partial charge < -0.3 is 0 Å². The van der Waals surface area contributed by atoms with Gasteiger partial charge in [-0.25, -0.2) is 0 Å². The van der Waals surface area contributed by atoms with Crippen LogP contribution in [0.5, 0.6) is 0 Å². The molecular formula is C4H8AsO2. The van der Waals surface area contributed by atoms with E-state index in [0.717, 1.165) is 11.6 Å². The topological polar surface area (TPSA) is 37.3 Å². The molecule has 0 spiro atoms. The fourth-order valence-corrected chi connectivity index (χ4v) is 1.01. The number of hydrogen-bond acceptors (Lipinski definition) is 1. The summed E-state index contributed by atoms with van der Waals surface area (Å²) in [5.41, 5.74) is 0. The van der Waals surface area contributed by atoms with Crippen molar-refractivity contribution in [1.29, 1.82) is 0 Å². The molecule has 2 nitrogen and oxygen atoms in total. The Morgan fingerprint density at radius 2 is 2.43 bits per heavy atom. The van der Waals surface area contributed by atoms with Crippen molar-refractivity contribution >= 4 is 20.5 Å². The maximum atomic E-state index is 9.79. The van der Waals surface area contributed by atoms with Crippen molar-refractivity contribution in [2.75, 3.05) is 0 Å². The first-order chi connectivity index (χ1) is 3.27. The zero-order valence-electron chi connectivity index (χ0n) is 3.98. The summed E-state index contributed by atoms with van der Waals surface area (Å²) in [6.45, 7) is 3.53. The molecule has 0 aliphatic heterocycles. The summed E-state index contributed by atoms with van der Waals surface area (Å²) >= 11 is -0.694. The first-order valence-corrected chi connectivity index (χ1v) is 4.56. The third-order valence-electron chi connectivity index (χ3n) is 0.453. The molecule has 0 aliphatic rings. The van der Waals surface area contributed by atoms with Gasteiger partial charge in [0.1, 0.15) is 0 Å². The van der Waals surface area contributed by atoms with Crippen LogP contribution in [0.15, 0.2) is 0 Å². The van der Waals surface area contributed by atoms with E-state index in [1.165, 1.54) is 0 Å². The zero-order valence-corrected chi connectivity index (χ0v) is 6.07. The van der Waals surface area contributed by atoms with E-state index in [9.17, 15) is 4.79 Å². The van der Waals surface area contributed by atoms with Gasteiger partial charge in [0.25, 0.3) is 0 Å². The van der Waals surface area contributed by atoms with Crippen LogP contribution in [0.4, 0.5) is 4.79 Å². The first kappa shape index (κ1) is 7.03. The van der Waals surface area contributed by atoms with Crippen molar-refractivity contribution in [1.82, 2.24) is 0 Å². The summed E-state index contributed by atoms with van der Waals surface area (Å²) in [5, 5.41) is 8.89. The van der Waals surface area contributed by atoms with Crippen LogP contribution in [0.1, 0.15) is 6.42 Å². The molecule has 0 saturated carbocycles. The van der Waals surface area contributed by atoms with E-state index in [-0.39, 0.29) is 0 Å². The molecule has 0 amide bonds. The number of rotatable bonds is 3. The molecule has 1 radical (unpaired) electrons. The van der Waals surface area contributed by atoms with E-state index in [4.69, 9.17) is 5.11 Å². The summed E-state index contributed by atoms with van der Waals surface area (Å²) in [6, 6.07) is 0. The van der Waals surface area contributed by atoms with Crippen molar-refractivity contribution in [3.05, 3.63) is 6.92 Å². The van der Waals surface area contributed by atoms with Crippen molar-refractivity contribution < 1.29 is 9.90 Å². The molecule has 41 valence electrons. The molecule has 0 heterocycles. The Morgan fingerprint density at radius 3 is 2.57 bits per heavy atom. The van der Waals surface area contributed by atoms with Crippen molar-refractivity contribution in [3.8, 4) is 0 Å². The molecule has 0 aromatic carbocycles. The number of carbonyl (C=O) groups is 1. The van der Waals surface area contributed by atoms with E-state index in [0.29, 0.717) is 0 Å². The van der Waals surface area contributed by atoms with Gasteiger partial charge in [-0.2, -0.15) is 0 Å². The number of carboxylic acid groups (broad SMARTS) is 1. The first-order valence-electron chi connectivity index (χ1n) is 2.03. The Balaban J connectivity index is 2.82. The van der Waals surface area contributed by atoms with Crippen LogP contribution in [-0.2, 0) is 0 Å². The third-order valence-corrected chi connectivity index (χ3v) is 2.35. The predicted molar refractivity (Wildman–Crippen MR) is 30.0 cm³/mol. The van der Waals surface area contributed by atoms with Crippen LogP contribution >= 0.6 is 0 Å². The molecule has 0 aromatic heterocycles. The molecule has 7 heavy (non-hydrogen) atoms. The average Bonchev–Trinajstić information content (AvgIpc) is 1.61. The molecule has 1 N–H and O–H groups in total. The average molecular weight is 163 g/mol. The van der Waals surface area contributed by atoms with Crippen LogP contribution in [0, 0.1) is 6.92 Å². The SMILES string of the molecule is [CH2]CC[AsH]C(=O)O. The summed E-state index contributed by atoms with van der Waals surface area (Å²) < 4.78 is -0.608. The van der Waals surface area contributed by atoms with E-state index >= 15 is 0 Å². The van der Waals surface area contributed by atoms with Crippen molar-refractivity contribution in [2.24, 2.45) is 0 Å². The van der Waals surface area contributed by atoms with Crippen LogP contribution in [0.3, 0.4) is 0 Å². The fraction of sp³-hybridized carbons (Fsp3) is 0.500. The van der Waals surface area contributed by atoms with Gasteiger partial charge in [0.05, 0.1) is 0 Å². The summed E-state index contributed by atoms with van der Waals surface area (Å²) in [5.74, 6) is 0. The van der Waals surface area contributed by atoms with E-state index < -0.39 is 20.5 Å². The van der Waals surface area contributed by atoms with Gasteiger partial charge in [0.2, 0.25) is 0 Å². The molecule has 1 atom stereocenters. The molecule has 0 bridgehead atoms. The van der Waals surface area contributed by atoms with Crippen molar-refractivity contribution in [3.63, 3.8) is 0 Å². The Labute approximate surface area is 49.6 Å². The Kier molecular flexibility index (Phi) is 4.21. The standard InChI is InChI=1S/C4H8AsO2/c1-2-3-5-4(6)7/h5H,1-3H2,(H,6,7). The molecule has 3 heteroatoms. The summed E-state index contributed by atoms with van der Waals surface area (Å²) in [6.07, 6.45) is 0.770. The van der Waals surface area contributed by atoms with Gasteiger partial charge in [-0.05, 0) is 0 Å². The second-order valence-corrected chi connectivity index (χ2v) is 3.77. The Hall–Kier alpha value is 0.0284.